The number of piperidine rings is 1. The van der Waals surface area contributed by atoms with Gasteiger partial charge in [0.25, 0.3) is 11.8 Å². The number of ether oxygens (including phenoxy) is 3. The largest absolute Gasteiger partial charge is 0.497 e. The van der Waals surface area contributed by atoms with E-state index in [0.717, 1.165) is 12.8 Å². The molecule has 4 rings (SSSR count). The molecule has 2 amide bonds. The highest BCUT2D eigenvalue weighted by molar-refractivity contribution is 5.96. The molecule has 2 fully saturated rings. The van der Waals surface area contributed by atoms with Crippen molar-refractivity contribution in [1.82, 2.24) is 4.90 Å². The van der Waals surface area contributed by atoms with Crippen LogP contribution in [0.2, 0.25) is 0 Å². The Morgan fingerprint density at radius 1 is 1.06 bits per heavy atom. The van der Waals surface area contributed by atoms with Crippen LogP contribution in [0.5, 0.6) is 17.2 Å². The van der Waals surface area contributed by atoms with E-state index in [1.807, 2.05) is 4.90 Å². The molecular weight excluding hydrogens is 403 g/mol. The molecule has 2 aliphatic heterocycles. The number of hydrogen-bond acceptors (Lipinski definition) is 5. The number of methoxy groups -OCH3 is 1. The number of hydrogen-bond donors (Lipinski definition) is 1. The molecule has 0 radical (unpaired) electrons. The van der Waals surface area contributed by atoms with Crippen molar-refractivity contribution < 1.29 is 28.2 Å². The van der Waals surface area contributed by atoms with E-state index in [2.05, 4.69) is 0 Å². The summed E-state index contributed by atoms with van der Waals surface area (Å²) in [4.78, 5) is 26.5. The summed E-state index contributed by atoms with van der Waals surface area (Å²) >= 11 is 0. The zero-order valence-electron chi connectivity index (χ0n) is 17.3. The molecular formula is C23H25FN2O5. The molecule has 0 aromatic heterocycles. The molecule has 0 spiro atoms. The van der Waals surface area contributed by atoms with Crippen molar-refractivity contribution in [2.45, 2.75) is 43.9 Å². The van der Waals surface area contributed by atoms with E-state index < -0.39 is 5.91 Å². The smallest absolute Gasteiger partial charge is 0.261 e. The summed E-state index contributed by atoms with van der Waals surface area (Å²) in [6, 6.07) is 10.8. The van der Waals surface area contributed by atoms with E-state index >= 15 is 0 Å². The third kappa shape index (κ3) is 4.57. The molecule has 2 heterocycles. The molecule has 2 aromatic carbocycles. The van der Waals surface area contributed by atoms with Crippen LogP contribution in [-0.4, -0.2) is 48.6 Å². The minimum atomic E-state index is -0.635. The molecule has 2 aliphatic rings. The van der Waals surface area contributed by atoms with E-state index in [4.69, 9.17) is 19.9 Å². The fourth-order valence-electron chi connectivity index (χ4n) is 4.50. The summed E-state index contributed by atoms with van der Waals surface area (Å²) in [6.45, 7) is -0.191. The Hall–Kier alpha value is -3.29. The summed E-state index contributed by atoms with van der Waals surface area (Å²) in [7, 11) is 1.50. The lowest BCUT2D eigenvalue weighted by Gasteiger charge is -2.38. The number of amides is 2. The molecule has 2 atom stereocenters. The summed E-state index contributed by atoms with van der Waals surface area (Å²) in [5.41, 5.74) is 5.60. The van der Waals surface area contributed by atoms with Crippen molar-refractivity contribution in [2.24, 2.45) is 5.73 Å². The lowest BCUT2D eigenvalue weighted by molar-refractivity contribution is -0.139. The van der Waals surface area contributed by atoms with Crippen molar-refractivity contribution in [1.29, 1.82) is 0 Å². The highest BCUT2D eigenvalue weighted by Gasteiger charge is 2.44. The third-order valence-corrected chi connectivity index (χ3v) is 5.90. The first-order valence-electron chi connectivity index (χ1n) is 10.3. The number of fused-ring (bicyclic) bond motifs is 2. The van der Waals surface area contributed by atoms with E-state index in [9.17, 15) is 14.0 Å². The van der Waals surface area contributed by atoms with Crippen LogP contribution in [0, 0.1) is 5.82 Å². The van der Waals surface area contributed by atoms with Crippen LogP contribution in [0.4, 0.5) is 4.39 Å². The lowest BCUT2D eigenvalue weighted by Crippen LogP contribution is -2.50. The summed E-state index contributed by atoms with van der Waals surface area (Å²) in [6.07, 6.45) is 3.22. The van der Waals surface area contributed by atoms with E-state index in [0.29, 0.717) is 24.3 Å². The van der Waals surface area contributed by atoms with Crippen LogP contribution >= 0.6 is 0 Å². The Morgan fingerprint density at radius 2 is 1.71 bits per heavy atom. The van der Waals surface area contributed by atoms with Crippen LogP contribution in [0.3, 0.4) is 0 Å². The topological polar surface area (TPSA) is 91.1 Å². The Labute approximate surface area is 179 Å². The highest BCUT2D eigenvalue weighted by atomic mass is 19.1. The second-order valence-electron chi connectivity index (χ2n) is 7.87. The van der Waals surface area contributed by atoms with Gasteiger partial charge in [0, 0.05) is 31.0 Å². The average molecular weight is 428 g/mol. The van der Waals surface area contributed by atoms with Gasteiger partial charge in [0.05, 0.1) is 12.7 Å². The number of rotatable bonds is 7. The van der Waals surface area contributed by atoms with Crippen LogP contribution in [0.1, 0.15) is 36.0 Å². The van der Waals surface area contributed by atoms with E-state index in [-0.39, 0.29) is 47.8 Å². The monoisotopic (exact) mass is 428 g/mol. The van der Waals surface area contributed by atoms with Gasteiger partial charge in [-0.15, -0.1) is 0 Å². The van der Waals surface area contributed by atoms with Gasteiger partial charge in [-0.05, 0) is 49.2 Å². The normalized spacial score (nSPS) is 22.1. The fraction of sp³-hybridized carbons (Fsp3) is 0.391. The number of halogens is 1. The zero-order chi connectivity index (χ0) is 22.0. The summed E-state index contributed by atoms with van der Waals surface area (Å²) < 4.78 is 30.0. The Balaban J connectivity index is 1.38. The van der Waals surface area contributed by atoms with Crippen molar-refractivity contribution in [3.8, 4) is 17.2 Å². The molecule has 31 heavy (non-hydrogen) atoms. The second-order valence-corrected chi connectivity index (χ2v) is 7.87. The number of nitrogens with two attached hydrogens (primary N) is 1. The molecule has 0 aliphatic carbocycles. The average Bonchev–Trinajstić information content (AvgIpc) is 3.03. The number of carbonyl (C=O) groups is 2. The number of benzene rings is 2. The predicted molar refractivity (Wildman–Crippen MR) is 111 cm³/mol. The van der Waals surface area contributed by atoms with Gasteiger partial charge in [-0.1, -0.05) is 0 Å². The molecule has 2 aromatic rings. The van der Waals surface area contributed by atoms with Crippen LogP contribution < -0.4 is 19.9 Å². The quantitative estimate of drug-likeness (QED) is 0.732. The van der Waals surface area contributed by atoms with Crippen LogP contribution in [-0.2, 0) is 4.79 Å². The molecule has 0 saturated carbocycles. The van der Waals surface area contributed by atoms with Gasteiger partial charge in [0.1, 0.15) is 29.2 Å². The molecule has 7 nitrogen and oxygen atoms in total. The van der Waals surface area contributed by atoms with Gasteiger partial charge in [-0.25, -0.2) is 4.39 Å². The maximum atomic E-state index is 13.1. The standard InChI is InChI=1S/C23H25FN2O5/c1-29-18-8-9-20(23(25)28)21(12-18)30-13-22(27)26-15-4-5-16(26)11-19(10-15)31-17-6-2-14(24)3-7-17/h2-3,6-9,12,15-16,19H,4-5,10-11,13H2,1H3,(H2,25,28). The molecule has 2 unspecified atom stereocenters. The number of primary amides is 1. The number of nitrogens with zero attached hydrogens (tertiary/aromatic N) is 1. The SMILES string of the molecule is COc1ccc(C(N)=O)c(OCC(=O)N2C3CCC2CC(Oc2ccc(F)cc2)C3)c1. The van der Waals surface area contributed by atoms with Crippen LogP contribution in [0.15, 0.2) is 42.5 Å². The Bertz CT molecular complexity index is 951. The molecule has 2 saturated heterocycles. The molecule has 2 bridgehead atoms. The molecule has 2 N–H and O–H groups in total. The van der Waals surface area contributed by atoms with Gasteiger partial charge in [0.15, 0.2) is 6.61 Å². The van der Waals surface area contributed by atoms with E-state index in [1.54, 1.807) is 24.3 Å². The summed E-state index contributed by atoms with van der Waals surface area (Å²) in [5.74, 6) is 0.289. The minimum Gasteiger partial charge on any atom is -0.497 e. The molecule has 8 heteroatoms. The molecule has 164 valence electrons. The van der Waals surface area contributed by atoms with Crippen molar-refractivity contribution in [2.75, 3.05) is 13.7 Å². The predicted octanol–water partition coefficient (Wildman–Crippen LogP) is 2.91. The van der Waals surface area contributed by atoms with Crippen molar-refractivity contribution >= 4 is 11.8 Å². The third-order valence-electron chi connectivity index (χ3n) is 5.90. The summed E-state index contributed by atoms with van der Waals surface area (Å²) in [5, 5.41) is 0. The highest BCUT2D eigenvalue weighted by Crippen LogP contribution is 2.37. The maximum absolute atomic E-state index is 13.1. The van der Waals surface area contributed by atoms with Gasteiger partial charge >= 0.3 is 0 Å². The van der Waals surface area contributed by atoms with Gasteiger partial charge in [-0.3, -0.25) is 9.59 Å². The first kappa shape index (κ1) is 21.0. The number of carbonyl (C=O) groups excluding carboxylic acids is 2. The lowest BCUT2D eigenvalue weighted by atomic mass is 9.99. The minimum absolute atomic E-state index is 0.0206. The van der Waals surface area contributed by atoms with Crippen LogP contribution in [0.25, 0.3) is 0 Å². The second kappa shape index (κ2) is 8.83. The van der Waals surface area contributed by atoms with Gasteiger partial charge in [0.2, 0.25) is 0 Å². The van der Waals surface area contributed by atoms with Crippen molar-refractivity contribution in [3.05, 3.63) is 53.8 Å². The maximum Gasteiger partial charge on any atom is 0.261 e. The zero-order valence-corrected chi connectivity index (χ0v) is 17.3. The fourth-order valence-corrected chi connectivity index (χ4v) is 4.50. The van der Waals surface area contributed by atoms with Gasteiger partial charge < -0.3 is 24.8 Å². The van der Waals surface area contributed by atoms with Crippen molar-refractivity contribution in [3.63, 3.8) is 0 Å². The Kier molecular flexibility index (Phi) is 5.97. The van der Waals surface area contributed by atoms with Gasteiger partial charge in [-0.2, -0.15) is 0 Å². The Morgan fingerprint density at radius 3 is 2.32 bits per heavy atom. The first-order valence-corrected chi connectivity index (χ1v) is 10.3. The first-order chi connectivity index (χ1) is 14.9. The van der Waals surface area contributed by atoms with E-state index in [1.165, 1.54) is 25.3 Å².